The van der Waals surface area contributed by atoms with Crippen LogP contribution in [0.15, 0.2) is 5.38 Å². The minimum atomic E-state index is -1.06. The average molecular weight is 258 g/mol. The van der Waals surface area contributed by atoms with E-state index in [9.17, 15) is 4.79 Å². The number of ether oxygens (including phenoxy) is 1. The van der Waals surface area contributed by atoms with Gasteiger partial charge >= 0.3 is 5.97 Å². The molecular weight excluding hydrogens is 240 g/mol. The zero-order valence-corrected chi connectivity index (χ0v) is 10.9. The van der Waals surface area contributed by atoms with Gasteiger partial charge in [-0.3, -0.25) is 4.79 Å². The van der Waals surface area contributed by atoms with Gasteiger partial charge in [0.15, 0.2) is 0 Å². The maximum Gasteiger partial charge on any atom is 0.326 e. The van der Waals surface area contributed by atoms with Crippen LogP contribution in [0.1, 0.15) is 49.5 Å². The van der Waals surface area contributed by atoms with E-state index in [2.05, 4.69) is 11.9 Å². The van der Waals surface area contributed by atoms with E-state index in [0.29, 0.717) is 12.3 Å². The van der Waals surface area contributed by atoms with Crippen molar-refractivity contribution >= 4 is 17.3 Å². The largest absolute Gasteiger partial charge is 0.480 e. The summed E-state index contributed by atoms with van der Waals surface area (Å²) >= 11 is 1.40. The molecule has 3 N–H and O–H groups in total. The van der Waals surface area contributed by atoms with Crippen molar-refractivity contribution in [3.8, 4) is 0 Å². The monoisotopic (exact) mass is 258 g/mol. The van der Waals surface area contributed by atoms with Crippen molar-refractivity contribution in [2.75, 3.05) is 6.61 Å². The number of hydrogen-bond donors (Lipinski definition) is 2. The molecule has 0 fully saturated rings. The Bertz CT molecular complexity index is 361. The molecule has 0 aliphatic heterocycles. The van der Waals surface area contributed by atoms with E-state index in [1.165, 1.54) is 11.3 Å². The van der Waals surface area contributed by atoms with E-state index in [1.54, 1.807) is 5.38 Å². The minimum absolute atomic E-state index is 0.0512. The molecule has 0 aliphatic carbocycles. The predicted octanol–water partition coefficient (Wildman–Crippen LogP) is 2.11. The molecule has 0 aliphatic rings. The number of aromatic nitrogens is 1. The first kappa shape index (κ1) is 14.1. The molecule has 0 bridgehead atoms. The lowest BCUT2D eigenvalue weighted by Gasteiger charge is -2.13. The fourth-order valence-corrected chi connectivity index (χ4v) is 2.40. The molecule has 2 atom stereocenters. The van der Waals surface area contributed by atoms with Gasteiger partial charge in [-0.1, -0.05) is 13.3 Å². The van der Waals surface area contributed by atoms with Gasteiger partial charge in [-0.05, 0) is 13.3 Å². The van der Waals surface area contributed by atoms with Crippen LogP contribution in [0.5, 0.6) is 0 Å². The van der Waals surface area contributed by atoms with Gasteiger partial charge < -0.3 is 15.6 Å². The number of nitrogens with two attached hydrogens (primary N) is 1. The van der Waals surface area contributed by atoms with Crippen molar-refractivity contribution in [3.63, 3.8) is 0 Å². The van der Waals surface area contributed by atoms with Crippen molar-refractivity contribution in [2.45, 2.75) is 38.8 Å². The topological polar surface area (TPSA) is 85.4 Å². The van der Waals surface area contributed by atoms with Crippen LogP contribution in [0.3, 0.4) is 0 Å². The summed E-state index contributed by atoms with van der Waals surface area (Å²) in [6, 6.07) is -1.05. The lowest BCUT2D eigenvalue weighted by atomic mass is 10.2. The van der Waals surface area contributed by atoms with Crippen molar-refractivity contribution in [1.29, 1.82) is 0 Å². The molecule has 17 heavy (non-hydrogen) atoms. The van der Waals surface area contributed by atoms with Crippen LogP contribution < -0.4 is 5.73 Å². The van der Waals surface area contributed by atoms with Gasteiger partial charge in [0.1, 0.15) is 17.2 Å². The summed E-state index contributed by atoms with van der Waals surface area (Å²) in [6.45, 7) is 4.62. The SMILES string of the molecule is CCCC(OCC)c1nc(C(N)C(=O)O)cs1. The van der Waals surface area contributed by atoms with Gasteiger partial charge in [0.2, 0.25) is 0 Å². The van der Waals surface area contributed by atoms with Crippen LogP contribution in [0, 0.1) is 0 Å². The Morgan fingerprint density at radius 1 is 1.65 bits per heavy atom. The summed E-state index contributed by atoms with van der Waals surface area (Å²) in [4.78, 5) is 15.0. The molecule has 1 aromatic rings. The molecule has 0 saturated carbocycles. The maximum absolute atomic E-state index is 10.7. The second-order valence-corrected chi connectivity index (χ2v) is 4.55. The van der Waals surface area contributed by atoms with Gasteiger partial charge in [-0.2, -0.15) is 0 Å². The normalized spacial score (nSPS) is 14.5. The molecule has 0 spiro atoms. The molecule has 1 heterocycles. The van der Waals surface area contributed by atoms with E-state index in [1.807, 2.05) is 6.92 Å². The highest BCUT2D eigenvalue weighted by molar-refractivity contribution is 7.09. The Morgan fingerprint density at radius 2 is 2.35 bits per heavy atom. The molecule has 96 valence electrons. The zero-order valence-electron chi connectivity index (χ0n) is 10.0. The number of rotatable bonds is 7. The van der Waals surface area contributed by atoms with Crippen LogP contribution >= 0.6 is 11.3 Å². The van der Waals surface area contributed by atoms with E-state index in [4.69, 9.17) is 15.6 Å². The van der Waals surface area contributed by atoms with Crippen molar-refractivity contribution in [2.24, 2.45) is 5.73 Å². The van der Waals surface area contributed by atoms with Gasteiger partial charge in [0.25, 0.3) is 0 Å². The van der Waals surface area contributed by atoms with E-state index in [0.717, 1.165) is 17.8 Å². The molecule has 1 rings (SSSR count). The first-order chi connectivity index (χ1) is 8.10. The van der Waals surface area contributed by atoms with Crippen LogP contribution in [0.2, 0.25) is 0 Å². The summed E-state index contributed by atoms with van der Waals surface area (Å²) < 4.78 is 5.58. The first-order valence-electron chi connectivity index (χ1n) is 5.65. The number of thiazole rings is 1. The highest BCUT2D eigenvalue weighted by atomic mass is 32.1. The van der Waals surface area contributed by atoms with Gasteiger partial charge in [-0.15, -0.1) is 11.3 Å². The molecule has 2 unspecified atom stereocenters. The Hall–Kier alpha value is -0.980. The molecule has 0 saturated heterocycles. The Balaban J connectivity index is 2.80. The molecule has 0 amide bonds. The minimum Gasteiger partial charge on any atom is -0.480 e. The molecule has 1 aromatic heterocycles. The Morgan fingerprint density at radius 3 is 2.88 bits per heavy atom. The van der Waals surface area contributed by atoms with Gasteiger partial charge in [0.05, 0.1) is 5.69 Å². The predicted molar refractivity (Wildman–Crippen MR) is 66.0 cm³/mol. The van der Waals surface area contributed by atoms with Gasteiger partial charge in [-0.25, -0.2) is 4.98 Å². The second kappa shape index (κ2) is 6.68. The van der Waals surface area contributed by atoms with Crippen LogP contribution in [0.25, 0.3) is 0 Å². The van der Waals surface area contributed by atoms with E-state index >= 15 is 0 Å². The molecule has 6 heteroatoms. The number of hydrogen-bond acceptors (Lipinski definition) is 5. The van der Waals surface area contributed by atoms with Crippen molar-refractivity contribution in [1.82, 2.24) is 4.98 Å². The third kappa shape index (κ3) is 3.76. The van der Waals surface area contributed by atoms with E-state index in [-0.39, 0.29) is 6.10 Å². The van der Waals surface area contributed by atoms with E-state index < -0.39 is 12.0 Å². The standard InChI is InChI=1S/C11H18N2O3S/c1-3-5-8(16-4-2)10-13-7(6-17-10)9(12)11(14)15/h6,8-9H,3-5,12H2,1-2H3,(H,14,15). The first-order valence-corrected chi connectivity index (χ1v) is 6.53. The lowest BCUT2D eigenvalue weighted by Crippen LogP contribution is -2.21. The summed E-state index contributed by atoms with van der Waals surface area (Å²) in [6.07, 6.45) is 1.82. The number of nitrogens with zero attached hydrogens (tertiary/aromatic N) is 1. The molecule has 5 nitrogen and oxygen atoms in total. The Labute approximate surface area is 105 Å². The maximum atomic E-state index is 10.7. The summed E-state index contributed by atoms with van der Waals surface area (Å²) in [5.74, 6) is -1.06. The fourth-order valence-electron chi connectivity index (χ4n) is 1.46. The smallest absolute Gasteiger partial charge is 0.326 e. The van der Waals surface area contributed by atoms with Crippen LogP contribution in [-0.2, 0) is 9.53 Å². The second-order valence-electron chi connectivity index (χ2n) is 3.66. The third-order valence-electron chi connectivity index (χ3n) is 2.32. The zero-order chi connectivity index (χ0) is 12.8. The molecule has 0 aromatic carbocycles. The van der Waals surface area contributed by atoms with Crippen LogP contribution in [-0.4, -0.2) is 22.7 Å². The highest BCUT2D eigenvalue weighted by Crippen LogP contribution is 2.27. The average Bonchev–Trinajstić information content (AvgIpc) is 2.76. The summed E-state index contributed by atoms with van der Waals surface area (Å²) in [7, 11) is 0. The Kier molecular flexibility index (Phi) is 5.54. The summed E-state index contributed by atoms with van der Waals surface area (Å²) in [5.41, 5.74) is 5.90. The van der Waals surface area contributed by atoms with Gasteiger partial charge in [0, 0.05) is 12.0 Å². The quantitative estimate of drug-likeness (QED) is 0.782. The highest BCUT2D eigenvalue weighted by Gasteiger charge is 2.21. The van der Waals surface area contributed by atoms with Crippen LogP contribution in [0.4, 0.5) is 0 Å². The van der Waals surface area contributed by atoms with Crippen molar-refractivity contribution in [3.05, 3.63) is 16.1 Å². The lowest BCUT2D eigenvalue weighted by molar-refractivity contribution is -0.138. The van der Waals surface area contributed by atoms with Crippen molar-refractivity contribution < 1.29 is 14.6 Å². The molecule has 0 radical (unpaired) electrons. The number of aliphatic carboxylic acids is 1. The number of carboxylic acids is 1. The fraction of sp³-hybridized carbons (Fsp3) is 0.636. The third-order valence-corrected chi connectivity index (χ3v) is 3.27. The number of carboxylic acid groups (broad SMARTS) is 1. The molecular formula is C11H18N2O3S. The summed E-state index contributed by atoms with van der Waals surface area (Å²) in [5, 5.41) is 11.3. The number of carbonyl (C=O) groups is 1.